The van der Waals surface area contributed by atoms with Crippen LogP contribution in [0.1, 0.15) is 23.7 Å². The quantitative estimate of drug-likeness (QED) is 0.889. The summed E-state index contributed by atoms with van der Waals surface area (Å²) in [5.74, 6) is 1.42. The summed E-state index contributed by atoms with van der Waals surface area (Å²) < 4.78 is 7.26. The molecule has 6 nitrogen and oxygen atoms in total. The van der Waals surface area contributed by atoms with E-state index in [1.54, 1.807) is 0 Å². The summed E-state index contributed by atoms with van der Waals surface area (Å²) in [4.78, 5) is 8.36. The second-order valence-corrected chi connectivity index (χ2v) is 4.35. The van der Waals surface area contributed by atoms with Crippen molar-refractivity contribution in [2.24, 2.45) is 7.05 Å². The molecule has 2 aromatic rings. The van der Waals surface area contributed by atoms with E-state index in [9.17, 15) is 0 Å². The molecule has 0 bridgehead atoms. The molecular formula is C13H19N5O. The lowest BCUT2D eigenvalue weighted by Gasteiger charge is -2.10. The summed E-state index contributed by atoms with van der Waals surface area (Å²) >= 11 is 0. The van der Waals surface area contributed by atoms with Gasteiger partial charge in [-0.3, -0.25) is 4.68 Å². The molecule has 0 atom stereocenters. The maximum Gasteiger partial charge on any atom is 0.221 e. The number of hydrogen-bond acceptors (Lipinski definition) is 5. The fourth-order valence-corrected chi connectivity index (χ4v) is 1.90. The average Bonchev–Trinajstić information content (AvgIpc) is 2.69. The Morgan fingerprint density at radius 2 is 2.11 bits per heavy atom. The minimum Gasteiger partial charge on any atom is -0.478 e. The minimum atomic E-state index is 0.596. The lowest BCUT2D eigenvalue weighted by Crippen LogP contribution is -2.06. The average molecular weight is 261 g/mol. The van der Waals surface area contributed by atoms with Crippen molar-refractivity contribution in [1.29, 1.82) is 0 Å². The molecule has 0 aliphatic heterocycles. The van der Waals surface area contributed by atoms with Crippen molar-refractivity contribution in [3.63, 3.8) is 0 Å². The summed E-state index contributed by atoms with van der Waals surface area (Å²) in [6.45, 7) is 7.16. The highest BCUT2D eigenvalue weighted by atomic mass is 16.5. The minimum absolute atomic E-state index is 0.596. The van der Waals surface area contributed by atoms with Crippen LogP contribution in [0.15, 0.2) is 12.5 Å². The third-order valence-corrected chi connectivity index (χ3v) is 2.88. The van der Waals surface area contributed by atoms with E-state index in [0.717, 1.165) is 22.6 Å². The topological polar surface area (TPSA) is 64.9 Å². The van der Waals surface area contributed by atoms with Gasteiger partial charge in [0.05, 0.1) is 17.9 Å². The number of nitrogens with one attached hydrogen (secondary N) is 1. The van der Waals surface area contributed by atoms with Gasteiger partial charge in [-0.15, -0.1) is 0 Å². The monoisotopic (exact) mass is 261 g/mol. The number of hydrogen-bond donors (Lipinski definition) is 1. The second-order valence-electron chi connectivity index (χ2n) is 4.35. The number of ether oxygens (including phenoxy) is 1. The van der Waals surface area contributed by atoms with E-state index in [-0.39, 0.29) is 0 Å². The lowest BCUT2D eigenvalue weighted by atomic mass is 10.2. The van der Waals surface area contributed by atoms with Crippen molar-refractivity contribution in [1.82, 2.24) is 19.7 Å². The molecule has 102 valence electrons. The third kappa shape index (κ3) is 3.01. The standard InChI is InChI=1S/C13H19N5O/c1-5-19-13-9(2)12(15-8-16-13)14-6-11-7-18(4)17-10(11)3/h7-8H,5-6H2,1-4H3,(H,14,15,16). The van der Waals surface area contributed by atoms with Gasteiger partial charge in [0, 0.05) is 25.4 Å². The van der Waals surface area contributed by atoms with Crippen LogP contribution in [-0.2, 0) is 13.6 Å². The predicted octanol–water partition coefficient (Wildman–Crippen LogP) is 1.84. The molecule has 2 heterocycles. The van der Waals surface area contributed by atoms with Crippen LogP contribution in [0.5, 0.6) is 5.88 Å². The van der Waals surface area contributed by atoms with Crippen LogP contribution in [0.2, 0.25) is 0 Å². The van der Waals surface area contributed by atoms with Gasteiger partial charge in [0.1, 0.15) is 12.1 Å². The highest BCUT2D eigenvalue weighted by Gasteiger charge is 2.09. The molecule has 2 rings (SSSR count). The Kier molecular flexibility index (Phi) is 3.99. The first-order chi connectivity index (χ1) is 9.11. The number of aryl methyl sites for hydroxylation is 2. The summed E-state index contributed by atoms with van der Waals surface area (Å²) in [5.41, 5.74) is 3.09. The van der Waals surface area contributed by atoms with Gasteiger partial charge in [-0.2, -0.15) is 5.10 Å². The zero-order valence-electron chi connectivity index (χ0n) is 11.8. The van der Waals surface area contributed by atoms with Gasteiger partial charge in [-0.1, -0.05) is 0 Å². The highest BCUT2D eigenvalue weighted by molar-refractivity contribution is 5.48. The number of anilines is 1. The number of aromatic nitrogens is 4. The fraction of sp³-hybridized carbons (Fsp3) is 0.462. The molecular weight excluding hydrogens is 242 g/mol. The molecule has 0 saturated heterocycles. The van der Waals surface area contributed by atoms with E-state index in [2.05, 4.69) is 20.4 Å². The molecule has 2 aromatic heterocycles. The Morgan fingerprint density at radius 1 is 1.32 bits per heavy atom. The van der Waals surface area contributed by atoms with Crippen molar-refractivity contribution in [2.45, 2.75) is 27.3 Å². The lowest BCUT2D eigenvalue weighted by molar-refractivity contribution is 0.324. The van der Waals surface area contributed by atoms with Crippen LogP contribution in [0.3, 0.4) is 0 Å². The Labute approximate surface area is 112 Å². The van der Waals surface area contributed by atoms with Crippen molar-refractivity contribution in [3.05, 3.63) is 29.3 Å². The number of rotatable bonds is 5. The van der Waals surface area contributed by atoms with E-state index in [4.69, 9.17) is 4.74 Å². The highest BCUT2D eigenvalue weighted by Crippen LogP contribution is 2.21. The van der Waals surface area contributed by atoms with Crippen LogP contribution in [0, 0.1) is 13.8 Å². The second kappa shape index (κ2) is 5.69. The molecule has 0 aliphatic rings. The zero-order valence-corrected chi connectivity index (χ0v) is 11.8. The Balaban J connectivity index is 2.11. The van der Waals surface area contributed by atoms with Crippen molar-refractivity contribution >= 4 is 5.82 Å². The first-order valence-corrected chi connectivity index (χ1v) is 6.29. The smallest absolute Gasteiger partial charge is 0.221 e. The molecule has 0 amide bonds. The van der Waals surface area contributed by atoms with E-state index in [1.807, 2.05) is 38.7 Å². The predicted molar refractivity (Wildman–Crippen MR) is 73.2 cm³/mol. The third-order valence-electron chi connectivity index (χ3n) is 2.88. The van der Waals surface area contributed by atoms with Crippen LogP contribution in [-0.4, -0.2) is 26.4 Å². The Bertz CT molecular complexity index is 564. The zero-order chi connectivity index (χ0) is 13.8. The van der Waals surface area contributed by atoms with Crippen LogP contribution in [0.25, 0.3) is 0 Å². The molecule has 6 heteroatoms. The normalized spacial score (nSPS) is 10.5. The molecule has 0 spiro atoms. The van der Waals surface area contributed by atoms with Crippen LogP contribution < -0.4 is 10.1 Å². The summed E-state index contributed by atoms with van der Waals surface area (Å²) in [5, 5.41) is 7.61. The van der Waals surface area contributed by atoms with Crippen LogP contribution >= 0.6 is 0 Å². The van der Waals surface area contributed by atoms with E-state index in [1.165, 1.54) is 6.33 Å². The van der Waals surface area contributed by atoms with Gasteiger partial charge in [0.2, 0.25) is 5.88 Å². The fourth-order valence-electron chi connectivity index (χ4n) is 1.90. The van der Waals surface area contributed by atoms with Gasteiger partial charge < -0.3 is 10.1 Å². The molecule has 1 N–H and O–H groups in total. The number of nitrogens with zero attached hydrogens (tertiary/aromatic N) is 4. The molecule has 0 saturated carbocycles. The molecule has 0 radical (unpaired) electrons. The Morgan fingerprint density at radius 3 is 2.74 bits per heavy atom. The van der Waals surface area contributed by atoms with E-state index in [0.29, 0.717) is 19.0 Å². The van der Waals surface area contributed by atoms with Crippen molar-refractivity contribution in [2.75, 3.05) is 11.9 Å². The van der Waals surface area contributed by atoms with E-state index < -0.39 is 0 Å². The summed E-state index contributed by atoms with van der Waals surface area (Å²) in [7, 11) is 1.92. The molecule has 0 aliphatic carbocycles. The summed E-state index contributed by atoms with van der Waals surface area (Å²) in [6.07, 6.45) is 3.51. The maximum absolute atomic E-state index is 5.45. The molecule has 0 fully saturated rings. The van der Waals surface area contributed by atoms with Crippen molar-refractivity contribution < 1.29 is 4.74 Å². The summed E-state index contributed by atoms with van der Waals surface area (Å²) in [6, 6.07) is 0. The van der Waals surface area contributed by atoms with Gasteiger partial charge in [0.25, 0.3) is 0 Å². The van der Waals surface area contributed by atoms with Gasteiger partial charge in [-0.25, -0.2) is 9.97 Å². The first-order valence-electron chi connectivity index (χ1n) is 6.29. The Hall–Kier alpha value is -2.11. The maximum atomic E-state index is 5.45. The van der Waals surface area contributed by atoms with Crippen molar-refractivity contribution in [3.8, 4) is 5.88 Å². The molecule has 0 unspecified atom stereocenters. The first kappa shape index (κ1) is 13.3. The largest absolute Gasteiger partial charge is 0.478 e. The molecule has 19 heavy (non-hydrogen) atoms. The SMILES string of the molecule is CCOc1ncnc(NCc2cn(C)nc2C)c1C. The van der Waals surface area contributed by atoms with Gasteiger partial charge >= 0.3 is 0 Å². The van der Waals surface area contributed by atoms with Crippen LogP contribution in [0.4, 0.5) is 5.82 Å². The van der Waals surface area contributed by atoms with Gasteiger partial charge in [-0.05, 0) is 20.8 Å². The molecule has 0 aromatic carbocycles. The van der Waals surface area contributed by atoms with E-state index >= 15 is 0 Å². The van der Waals surface area contributed by atoms with Gasteiger partial charge in [0.15, 0.2) is 0 Å².